The molecule has 0 bridgehead atoms. The summed E-state index contributed by atoms with van der Waals surface area (Å²) in [6, 6.07) is 3.51. The fourth-order valence-corrected chi connectivity index (χ4v) is 2.62. The second kappa shape index (κ2) is 4.07. The topological polar surface area (TPSA) is 32.9 Å². The number of ketones is 1. The molecule has 0 atom stereocenters. The summed E-state index contributed by atoms with van der Waals surface area (Å²) in [5.74, 6) is 0.0191. The molecule has 2 aromatic heterocycles. The van der Waals surface area contributed by atoms with E-state index in [4.69, 9.17) is 11.6 Å². The van der Waals surface area contributed by atoms with E-state index in [1.807, 2.05) is 20.8 Å². The number of carbonyl (C=O) groups excluding carboxylic acids is 1. The molecule has 0 unspecified atom stereocenters. The van der Waals surface area contributed by atoms with Gasteiger partial charge in [0, 0.05) is 5.69 Å². The van der Waals surface area contributed by atoms with Crippen LogP contribution in [-0.4, -0.2) is 10.8 Å². The van der Waals surface area contributed by atoms with Gasteiger partial charge in [0.05, 0.1) is 14.9 Å². The van der Waals surface area contributed by atoms with Crippen molar-refractivity contribution in [3.05, 3.63) is 43.9 Å². The van der Waals surface area contributed by atoms with E-state index in [0.717, 1.165) is 16.8 Å². The van der Waals surface area contributed by atoms with Crippen molar-refractivity contribution in [2.75, 3.05) is 0 Å². The van der Waals surface area contributed by atoms with Crippen molar-refractivity contribution in [1.82, 2.24) is 4.98 Å². The van der Waals surface area contributed by atoms with Gasteiger partial charge in [-0.3, -0.25) is 4.79 Å². The third-order valence-corrected chi connectivity index (χ3v) is 4.07. The van der Waals surface area contributed by atoms with Gasteiger partial charge in [-0.05, 0) is 44.0 Å². The van der Waals surface area contributed by atoms with Crippen molar-refractivity contribution in [2.24, 2.45) is 0 Å². The first-order valence-electron chi connectivity index (χ1n) is 4.96. The summed E-state index contributed by atoms with van der Waals surface area (Å²) in [7, 11) is 0. The first-order valence-corrected chi connectivity index (χ1v) is 6.16. The molecule has 0 aliphatic carbocycles. The van der Waals surface area contributed by atoms with E-state index in [1.54, 1.807) is 12.1 Å². The largest absolute Gasteiger partial charge is 0.355 e. The number of hydrogen-bond donors (Lipinski definition) is 1. The Balaban J connectivity index is 2.45. The first-order chi connectivity index (χ1) is 7.50. The van der Waals surface area contributed by atoms with Gasteiger partial charge in [-0.15, -0.1) is 11.3 Å². The van der Waals surface area contributed by atoms with Gasteiger partial charge in [-0.2, -0.15) is 0 Å². The lowest BCUT2D eigenvalue weighted by Gasteiger charge is -1.96. The Morgan fingerprint density at radius 1 is 1.25 bits per heavy atom. The van der Waals surface area contributed by atoms with Gasteiger partial charge in [0.2, 0.25) is 5.78 Å². The number of thiophene rings is 1. The van der Waals surface area contributed by atoms with Gasteiger partial charge < -0.3 is 4.98 Å². The van der Waals surface area contributed by atoms with Crippen molar-refractivity contribution in [3.63, 3.8) is 0 Å². The molecule has 84 valence electrons. The van der Waals surface area contributed by atoms with Gasteiger partial charge in [-0.1, -0.05) is 11.6 Å². The third-order valence-electron chi connectivity index (χ3n) is 2.84. The van der Waals surface area contributed by atoms with Gasteiger partial charge in [0.25, 0.3) is 0 Å². The van der Waals surface area contributed by atoms with Crippen LogP contribution < -0.4 is 0 Å². The predicted octanol–water partition coefficient (Wildman–Crippen LogP) is 3.89. The molecule has 0 fully saturated rings. The summed E-state index contributed by atoms with van der Waals surface area (Å²) in [6.07, 6.45) is 0. The highest BCUT2D eigenvalue weighted by Crippen LogP contribution is 2.26. The van der Waals surface area contributed by atoms with E-state index in [9.17, 15) is 4.79 Å². The molecule has 0 aliphatic rings. The van der Waals surface area contributed by atoms with E-state index in [1.165, 1.54) is 11.3 Å². The molecule has 0 radical (unpaired) electrons. The highest BCUT2D eigenvalue weighted by Gasteiger charge is 2.17. The molecular weight excluding hydrogens is 242 g/mol. The van der Waals surface area contributed by atoms with Crippen LogP contribution in [0.25, 0.3) is 0 Å². The number of rotatable bonds is 2. The number of aromatic nitrogens is 1. The van der Waals surface area contributed by atoms with E-state index in [0.29, 0.717) is 14.9 Å². The zero-order chi connectivity index (χ0) is 11.9. The SMILES string of the molecule is Cc1[nH]c(C(=O)c2ccc(Cl)s2)c(C)c1C. The third kappa shape index (κ3) is 1.81. The van der Waals surface area contributed by atoms with Crippen molar-refractivity contribution in [1.29, 1.82) is 0 Å². The van der Waals surface area contributed by atoms with Gasteiger partial charge in [0.1, 0.15) is 0 Å². The summed E-state index contributed by atoms with van der Waals surface area (Å²) >= 11 is 7.13. The van der Waals surface area contributed by atoms with Crippen LogP contribution in [-0.2, 0) is 0 Å². The number of aryl methyl sites for hydroxylation is 1. The maximum Gasteiger partial charge on any atom is 0.219 e. The van der Waals surface area contributed by atoms with Gasteiger partial charge in [-0.25, -0.2) is 0 Å². The van der Waals surface area contributed by atoms with Crippen molar-refractivity contribution in [3.8, 4) is 0 Å². The summed E-state index contributed by atoms with van der Waals surface area (Å²) < 4.78 is 0.640. The highest BCUT2D eigenvalue weighted by molar-refractivity contribution is 7.18. The lowest BCUT2D eigenvalue weighted by molar-refractivity contribution is 0.103. The Bertz CT molecular complexity index is 553. The molecule has 0 aliphatic heterocycles. The summed E-state index contributed by atoms with van der Waals surface area (Å²) in [6.45, 7) is 5.95. The van der Waals surface area contributed by atoms with E-state index < -0.39 is 0 Å². The molecule has 2 nitrogen and oxygen atoms in total. The summed E-state index contributed by atoms with van der Waals surface area (Å²) in [5, 5.41) is 0. The Hall–Kier alpha value is -1.06. The minimum atomic E-state index is 0.0191. The van der Waals surface area contributed by atoms with Crippen LogP contribution in [0.1, 0.15) is 32.2 Å². The van der Waals surface area contributed by atoms with Crippen molar-refractivity contribution >= 4 is 28.7 Å². The summed E-state index contributed by atoms with van der Waals surface area (Å²) in [4.78, 5) is 16.0. The molecule has 2 rings (SSSR count). The molecule has 0 aromatic carbocycles. The molecule has 0 saturated carbocycles. The smallest absolute Gasteiger partial charge is 0.219 e. The number of aromatic amines is 1. The number of hydrogen-bond acceptors (Lipinski definition) is 2. The Morgan fingerprint density at radius 2 is 1.94 bits per heavy atom. The van der Waals surface area contributed by atoms with Gasteiger partial charge in [0.15, 0.2) is 0 Å². The van der Waals surface area contributed by atoms with E-state index in [-0.39, 0.29) is 5.78 Å². The minimum Gasteiger partial charge on any atom is -0.355 e. The van der Waals surface area contributed by atoms with Crippen LogP contribution in [0.15, 0.2) is 12.1 Å². The zero-order valence-corrected chi connectivity index (χ0v) is 10.9. The number of nitrogens with one attached hydrogen (secondary N) is 1. The fourth-order valence-electron chi connectivity index (χ4n) is 1.63. The van der Waals surface area contributed by atoms with Crippen LogP contribution in [0, 0.1) is 20.8 Å². The molecule has 2 heterocycles. The lowest BCUT2D eigenvalue weighted by Crippen LogP contribution is -2.01. The predicted molar refractivity (Wildman–Crippen MR) is 67.8 cm³/mol. The molecule has 0 saturated heterocycles. The van der Waals surface area contributed by atoms with E-state index >= 15 is 0 Å². The molecular formula is C12H12ClNOS. The molecule has 0 spiro atoms. The summed E-state index contributed by atoms with van der Waals surface area (Å²) in [5.41, 5.74) is 3.88. The molecule has 16 heavy (non-hydrogen) atoms. The maximum atomic E-state index is 12.2. The van der Waals surface area contributed by atoms with Crippen LogP contribution in [0.4, 0.5) is 0 Å². The fraction of sp³-hybridized carbons (Fsp3) is 0.250. The Kier molecular flexibility index (Phi) is 2.91. The monoisotopic (exact) mass is 253 g/mol. The van der Waals surface area contributed by atoms with Crippen molar-refractivity contribution < 1.29 is 4.79 Å². The molecule has 4 heteroatoms. The Labute approximate surface area is 103 Å². The first kappa shape index (κ1) is 11.4. The number of halogens is 1. The van der Waals surface area contributed by atoms with Gasteiger partial charge >= 0.3 is 0 Å². The quantitative estimate of drug-likeness (QED) is 0.810. The van der Waals surface area contributed by atoms with Crippen LogP contribution in [0.5, 0.6) is 0 Å². The second-order valence-corrected chi connectivity index (χ2v) is 5.52. The van der Waals surface area contributed by atoms with Crippen LogP contribution in [0.2, 0.25) is 4.34 Å². The van der Waals surface area contributed by atoms with Crippen LogP contribution >= 0.6 is 22.9 Å². The molecule has 2 aromatic rings. The normalized spacial score (nSPS) is 10.8. The lowest BCUT2D eigenvalue weighted by atomic mass is 10.1. The van der Waals surface area contributed by atoms with E-state index in [2.05, 4.69) is 4.98 Å². The molecule has 1 N–H and O–H groups in total. The maximum absolute atomic E-state index is 12.2. The number of H-pyrrole nitrogens is 1. The number of carbonyl (C=O) groups is 1. The molecule has 0 amide bonds. The average molecular weight is 254 g/mol. The van der Waals surface area contributed by atoms with Crippen molar-refractivity contribution in [2.45, 2.75) is 20.8 Å². The highest BCUT2D eigenvalue weighted by atomic mass is 35.5. The van der Waals surface area contributed by atoms with Crippen LogP contribution in [0.3, 0.4) is 0 Å². The second-order valence-electron chi connectivity index (χ2n) is 3.81. The zero-order valence-electron chi connectivity index (χ0n) is 9.35. The average Bonchev–Trinajstić information content (AvgIpc) is 2.78. The standard InChI is InChI=1S/C12H12ClNOS/c1-6-7(2)11(14-8(6)3)12(15)9-4-5-10(13)16-9/h4-5,14H,1-3H3. The minimum absolute atomic E-state index is 0.0191. The Morgan fingerprint density at radius 3 is 2.38 bits per heavy atom.